The number of hydrogen-bond acceptors (Lipinski definition) is 30. The summed E-state index contributed by atoms with van der Waals surface area (Å²) in [6, 6.07) is 0. The van der Waals surface area contributed by atoms with Crippen LogP contribution in [0.15, 0.2) is 55.8 Å². The zero-order chi connectivity index (χ0) is 54.0. The van der Waals surface area contributed by atoms with Crippen LogP contribution in [0.4, 0.5) is 0 Å². The zero-order valence-corrected chi connectivity index (χ0v) is 38.8. The van der Waals surface area contributed by atoms with Crippen molar-refractivity contribution in [1.82, 2.24) is 29.9 Å². The Hall–Kier alpha value is -8.25. The summed E-state index contributed by atoms with van der Waals surface area (Å²) in [6.45, 7) is 0. The molecule has 6 N–H and O–H groups in total. The molecule has 0 bridgehead atoms. The van der Waals surface area contributed by atoms with E-state index in [1.807, 2.05) is 0 Å². The third kappa shape index (κ3) is 38.4. The molecule has 33 nitrogen and oxygen atoms in total. The summed E-state index contributed by atoms with van der Waals surface area (Å²) in [5.74, 6) is -27.4. The Balaban J connectivity index is -0.000000245. The molecular weight excluding hydrogens is 1140 g/mol. The van der Waals surface area contributed by atoms with Crippen LogP contribution in [0.2, 0.25) is 0 Å². The quantitative estimate of drug-likeness (QED) is 0.0426. The Morgan fingerprint density at radius 3 is 0.704 bits per heavy atom. The fourth-order valence-corrected chi connectivity index (χ4v) is 3.55. The Kier molecular flexibility index (Phi) is 40.1. The first kappa shape index (κ1) is 71.7. The molecule has 3 rings (SSSR count). The van der Waals surface area contributed by atoms with Crippen LogP contribution in [-0.2, 0) is 99.7 Å². The number of nitrogens with zero attached hydrogens (tertiary/aromatic N) is 3. The van der Waals surface area contributed by atoms with Crippen molar-refractivity contribution in [3.8, 4) is 0 Å². The molecule has 0 fully saturated rings. The number of carbonyl (C=O) groups excluding carboxylic acids is 12. The Morgan fingerprint density at radius 2 is 0.592 bits per heavy atom. The molecule has 35 heteroatoms. The minimum absolute atomic E-state index is 0. The van der Waals surface area contributed by atoms with Crippen molar-refractivity contribution in [1.29, 1.82) is 0 Å². The molecule has 0 saturated heterocycles. The fourth-order valence-electron chi connectivity index (χ4n) is 3.55. The molecule has 378 valence electrons. The van der Waals surface area contributed by atoms with E-state index in [1.54, 1.807) is 18.6 Å². The Morgan fingerprint density at radius 1 is 0.394 bits per heavy atom. The van der Waals surface area contributed by atoms with E-state index in [1.165, 1.54) is 37.2 Å². The summed E-state index contributed by atoms with van der Waals surface area (Å²) in [7, 11) is 0. The molecule has 71 heavy (non-hydrogen) atoms. The molecule has 6 atom stereocenters. The molecule has 0 aromatic carbocycles. The second-order valence-electron chi connectivity index (χ2n) is 11.7. The molecule has 6 unspecified atom stereocenters. The molecule has 0 aliphatic carbocycles. The van der Waals surface area contributed by atoms with Gasteiger partial charge in [0.05, 0.1) is 71.9 Å². The number of nitrogens with one attached hydrogen (secondary N) is 3. The molecule has 0 aliphatic heterocycles. The van der Waals surface area contributed by atoms with Crippen LogP contribution in [0.5, 0.6) is 0 Å². The van der Waals surface area contributed by atoms with Gasteiger partial charge >= 0.3 is 42.1 Å². The molecule has 3 aromatic heterocycles. The molecule has 0 saturated carbocycles. The number of rotatable bonds is 21. The van der Waals surface area contributed by atoms with Gasteiger partial charge in [-0.15, -0.1) is 0 Å². The third-order valence-corrected chi connectivity index (χ3v) is 6.66. The van der Waals surface area contributed by atoms with Gasteiger partial charge in [0.1, 0.15) is 18.3 Å². The number of carbonyl (C=O) groups is 12. The summed E-state index contributed by atoms with van der Waals surface area (Å²) in [4.78, 5) is 139. The standard InChI is InChI=1S/3C6H6N2O2.3C6H8O7.2Mo/c3*9-6(10)2-1-5-3-7-4-8-5;3*7-3(8)1-2(5(10)11)4(9)6(12)13;;/h3*1-4H,(H,7,8)(H,9,10);3*2,4,9H,1H2,(H,7,8)(H,10,11)(H,12,13);;/q;;;;;;2*+6/p-12. The number of imidazole rings is 3. The number of aliphatic carboxylic acids is 12. The second-order valence-corrected chi connectivity index (χ2v) is 11.7. The van der Waals surface area contributed by atoms with E-state index in [0.29, 0.717) is 17.1 Å². The van der Waals surface area contributed by atoms with Gasteiger partial charge in [-0.3, -0.25) is 0 Å². The molecule has 3 aromatic rings. The number of aromatic nitrogens is 6. The first-order chi connectivity index (χ1) is 31.9. The van der Waals surface area contributed by atoms with Gasteiger partial charge < -0.3 is 149 Å². The molecular formula is C36H30Mo2N6O27. The maximum absolute atomic E-state index is 10.1. The van der Waals surface area contributed by atoms with Crippen molar-refractivity contribution in [3.63, 3.8) is 0 Å². The fraction of sp³-hybridized carbons (Fsp3) is 0.250. The number of hydrogen-bond donors (Lipinski definition) is 6. The van der Waals surface area contributed by atoms with Gasteiger partial charge in [0.25, 0.3) is 0 Å². The van der Waals surface area contributed by atoms with Crippen molar-refractivity contribution >= 4 is 89.9 Å². The van der Waals surface area contributed by atoms with E-state index in [-0.39, 0.29) is 42.1 Å². The average Bonchev–Trinajstić information content (AvgIpc) is 4.07. The number of aliphatic hydroxyl groups is 3. The number of aromatic amines is 3. The van der Waals surface area contributed by atoms with Crippen molar-refractivity contribution in [2.24, 2.45) is 17.8 Å². The first-order valence-corrected chi connectivity index (χ1v) is 17.5. The topological polar surface area (TPSA) is 628 Å². The van der Waals surface area contributed by atoms with Gasteiger partial charge in [-0.25, -0.2) is 15.0 Å². The minimum Gasteiger partial charge on any atom is -0.550 e. The van der Waals surface area contributed by atoms with Crippen molar-refractivity contribution in [2.75, 3.05) is 0 Å². The van der Waals surface area contributed by atoms with E-state index in [0.717, 1.165) is 18.2 Å². The smallest absolute Gasteiger partial charge is 0.550 e. The van der Waals surface area contributed by atoms with E-state index < -0.39 is 127 Å². The van der Waals surface area contributed by atoms with E-state index in [4.69, 9.17) is 15.3 Å². The van der Waals surface area contributed by atoms with Crippen LogP contribution in [-0.4, -0.2) is 135 Å². The maximum atomic E-state index is 10.1. The van der Waals surface area contributed by atoms with Gasteiger partial charge in [0, 0.05) is 72.2 Å². The second kappa shape index (κ2) is 39.7. The molecule has 0 spiro atoms. The monoisotopic (exact) mass is 1170 g/mol. The van der Waals surface area contributed by atoms with Crippen LogP contribution in [0.25, 0.3) is 18.2 Å². The van der Waals surface area contributed by atoms with Gasteiger partial charge in [0.15, 0.2) is 0 Å². The Bertz CT molecular complexity index is 2000. The number of carboxylic acids is 12. The van der Waals surface area contributed by atoms with Crippen LogP contribution >= 0.6 is 0 Å². The maximum Gasteiger partial charge on any atom is 6.00 e. The first-order valence-electron chi connectivity index (χ1n) is 17.5. The van der Waals surface area contributed by atoms with E-state index in [9.17, 15) is 119 Å². The van der Waals surface area contributed by atoms with Gasteiger partial charge in [-0.1, -0.05) is 0 Å². The van der Waals surface area contributed by atoms with Crippen LogP contribution < -0.4 is 61.3 Å². The van der Waals surface area contributed by atoms with Gasteiger partial charge in [0.2, 0.25) is 0 Å². The van der Waals surface area contributed by atoms with Crippen molar-refractivity contribution in [3.05, 3.63) is 72.9 Å². The van der Waals surface area contributed by atoms with E-state index in [2.05, 4.69) is 29.9 Å². The summed E-state index contributed by atoms with van der Waals surface area (Å²) >= 11 is 0. The van der Waals surface area contributed by atoms with Crippen LogP contribution in [0, 0.1) is 17.8 Å². The molecule has 0 radical (unpaired) electrons. The predicted molar refractivity (Wildman–Crippen MR) is 185 cm³/mol. The number of aliphatic hydroxyl groups excluding tert-OH is 3. The van der Waals surface area contributed by atoms with Crippen molar-refractivity contribution < 1.29 is 176 Å². The number of carboxylic acid groups (broad SMARTS) is 12. The summed E-state index contributed by atoms with van der Waals surface area (Å²) in [6.07, 6.45) is 5.32. The summed E-state index contributed by atoms with van der Waals surface area (Å²) in [5, 5.41) is 145. The van der Waals surface area contributed by atoms with Crippen LogP contribution in [0.3, 0.4) is 0 Å². The number of H-pyrrole nitrogens is 3. The van der Waals surface area contributed by atoms with Crippen LogP contribution in [0.1, 0.15) is 36.3 Å². The van der Waals surface area contributed by atoms with Gasteiger partial charge in [-0.2, -0.15) is 0 Å². The van der Waals surface area contributed by atoms with Crippen molar-refractivity contribution in [2.45, 2.75) is 37.6 Å². The minimum atomic E-state index is -2.41. The molecule has 3 heterocycles. The SMILES string of the molecule is O=C([O-])C=Cc1c[nH]cn1.O=C([O-])C=Cc1c[nH]cn1.O=C([O-])C=Cc1c[nH]cn1.O=C([O-])CC(C(=O)[O-])C(O)C(=O)[O-].O=C([O-])CC(C(=O)[O-])C(O)C(=O)[O-].O=C([O-])CC(C(=O)[O-])C(O)C(=O)[O-].[Mo+6].[Mo+6]. The van der Waals surface area contributed by atoms with E-state index >= 15 is 0 Å². The summed E-state index contributed by atoms with van der Waals surface area (Å²) in [5.41, 5.74) is 1.72. The molecule has 0 amide bonds. The normalized spacial score (nSPS) is 12.4. The summed E-state index contributed by atoms with van der Waals surface area (Å²) < 4.78 is 0. The zero-order valence-electron chi connectivity index (χ0n) is 34.8. The predicted octanol–water partition coefficient (Wildman–Crippen LogP) is -18.7. The Labute approximate surface area is 422 Å². The third-order valence-electron chi connectivity index (χ3n) is 6.66. The average molecular weight is 1170 g/mol. The largest absolute Gasteiger partial charge is 6.00 e. The van der Waals surface area contributed by atoms with Gasteiger partial charge in [-0.05, 0) is 55.7 Å². The molecule has 0 aliphatic rings.